The summed E-state index contributed by atoms with van der Waals surface area (Å²) >= 11 is 0. The minimum absolute atomic E-state index is 0.0237. The van der Waals surface area contributed by atoms with Crippen LogP contribution in [0.5, 0.6) is 0 Å². The summed E-state index contributed by atoms with van der Waals surface area (Å²) < 4.78 is 44.0. The molecule has 73 heavy (non-hydrogen) atoms. The van der Waals surface area contributed by atoms with Crippen molar-refractivity contribution in [3.63, 3.8) is 0 Å². The largest absolute Gasteiger partial charge is 0.394 e. The van der Waals surface area contributed by atoms with E-state index in [2.05, 4.69) is 26.6 Å². The van der Waals surface area contributed by atoms with Crippen molar-refractivity contribution in [1.29, 1.82) is 0 Å². The van der Waals surface area contributed by atoms with Crippen LogP contribution < -0.4 is 26.6 Å². The van der Waals surface area contributed by atoms with Crippen molar-refractivity contribution >= 4 is 29.5 Å². The predicted molar refractivity (Wildman–Crippen MR) is 236 cm³/mol. The van der Waals surface area contributed by atoms with Crippen molar-refractivity contribution in [3.8, 4) is 0 Å². The third kappa shape index (κ3) is 17.8. The van der Waals surface area contributed by atoms with Crippen molar-refractivity contribution in [2.24, 2.45) is 0 Å². The maximum Gasteiger partial charge on any atom is 0.243 e. The number of amides is 5. The van der Waals surface area contributed by atoms with E-state index in [9.17, 15) is 90.4 Å². The van der Waals surface area contributed by atoms with Gasteiger partial charge in [-0.1, -0.05) is 0 Å². The summed E-state index contributed by atoms with van der Waals surface area (Å²) in [5, 5.41) is 146. The molecule has 0 bridgehead atoms. The van der Waals surface area contributed by atoms with E-state index in [0.717, 1.165) is 0 Å². The zero-order chi connectivity index (χ0) is 54.1. The van der Waals surface area contributed by atoms with Gasteiger partial charge in [0.2, 0.25) is 29.5 Å². The molecule has 31 nitrogen and oxygen atoms in total. The van der Waals surface area contributed by atoms with Crippen molar-refractivity contribution in [2.45, 2.75) is 175 Å². The summed E-state index contributed by atoms with van der Waals surface area (Å²) in [4.78, 5) is 63.4. The number of hydrogen-bond donors (Lipinski definition) is 18. The van der Waals surface area contributed by atoms with Crippen LogP contribution in [0.25, 0.3) is 0 Å². The molecule has 18 N–H and O–H groups in total. The first kappa shape index (κ1) is 62.1. The first-order chi connectivity index (χ1) is 34.6. The monoisotopic (exact) mass is 1060 g/mol. The third-order valence-electron chi connectivity index (χ3n) is 12.2. The zero-order valence-corrected chi connectivity index (χ0v) is 40.1. The van der Waals surface area contributed by atoms with Crippen molar-refractivity contribution in [3.05, 3.63) is 0 Å². The molecule has 4 heterocycles. The number of ether oxygens (including phenoxy) is 8. The quantitative estimate of drug-likeness (QED) is 0.0340. The van der Waals surface area contributed by atoms with Gasteiger partial charge in [-0.3, -0.25) is 24.0 Å². The van der Waals surface area contributed by atoms with Gasteiger partial charge in [0.25, 0.3) is 0 Å². The number of hydrogen-bond acceptors (Lipinski definition) is 26. The lowest BCUT2D eigenvalue weighted by Crippen LogP contribution is -2.65. The first-order valence-electron chi connectivity index (χ1n) is 23.8. The Bertz CT molecular complexity index is 1730. The van der Waals surface area contributed by atoms with Crippen LogP contribution >= 0.6 is 0 Å². The summed E-state index contributed by atoms with van der Waals surface area (Å²) in [6, 6.07) is -1.32. The van der Waals surface area contributed by atoms with Gasteiger partial charge in [-0.15, -0.1) is 0 Å². The number of carbonyl (C=O) groups is 5. The second-order valence-corrected chi connectivity index (χ2v) is 17.7. The SMILES string of the molecule is CCNC(=O)CNC(=O)[C@H](CCC(=O)NCCO[C@H]1O[C@H](CO[C@H]2O[C@H](CO)[C@@H](O)[C@H](O)[C@@H]2O)[C@@H](O)[C@H](O[C@H]2O[C@H](CO)[C@@H](O)[C@H](O)[C@@H]2O)[C@@H]1O)NC(=O)CCCC(=O)NCCO[C@@H]1O[C@@H](C)[C@@H](O)[C@@H](O)[C@@H]1O. The maximum absolute atomic E-state index is 13.1. The molecule has 0 aromatic rings. The molecular weight excluding hydrogens is 990 g/mol. The fourth-order valence-corrected chi connectivity index (χ4v) is 7.90. The fourth-order valence-electron chi connectivity index (χ4n) is 7.90. The molecule has 4 saturated heterocycles. The zero-order valence-electron chi connectivity index (χ0n) is 40.1. The molecule has 4 aliphatic heterocycles. The highest BCUT2D eigenvalue weighted by atomic mass is 16.8. The molecule has 0 saturated carbocycles. The lowest BCUT2D eigenvalue weighted by Gasteiger charge is -2.46. The second-order valence-electron chi connectivity index (χ2n) is 17.7. The summed E-state index contributed by atoms with van der Waals surface area (Å²) in [5.74, 6) is -3.12. The molecule has 4 aliphatic rings. The molecule has 4 fully saturated rings. The number of nitrogens with one attached hydrogen (secondary N) is 5. The standard InChI is InChI=1S/C42H73N5O26/c1-3-43-25(53)13-46-38(65)18(47-24(52)6-4-5-22(50)44-9-11-66-39-33(61)30(58)26(54)17(2)69-39)7-8-23(51)45-10-12-67-41-36(64)37(73-42-35(63)32(60)28(56)20(15-49)71-42)29(57)21(72-41)16-68-40-34(62)31(59)27(55)19(14-48)70-40/h17-21,26-37,39-42,48-49,54-64H,3-16H2,1-2H3,(H,43,53)(H,44,50)(H,45,51)(H,46,65)(H,47,52)/t17-,18-,19+,20+,21+,26+,27+,28+,29+,30+,31-,32-,33-,34-,35-,36-,37-,39+,40-,41-,42+/m0/s1. The van der Waals surface area contributed by atoms with Gasteiger partial charge in [-0.25, -0.2) is 0 Å². The summed E-state index contributed by atoms with van der Waals surface area (Å²) in [7, 11) is 0. The lowest BCUT2D eigenvalue weighted by atomic mass is 9.96. The lowest BCUT2D eigenvalue weighted by molar-refractivity contribution is -0.366. The Kier molecular flexibility index (Phi) is 25.8. The number of aliphatic hydroxyl groups excluding tert-OH is 13. The predicted octanol–water partition coefficient (Wildman–Crippen LogP) is -10.8. The molecule has 31 heteroatoms. The van der Waals surface area contributed by atoms with Gasteiger partial charge in [-0.05, 0) is 26.7 Å². The summed E-state index contributed by atoms with van der Waals surface area (Å²) in [6.45, 7) is -0.218. The van der Waals surface area contributed by atoms with E-state index >= 15 is 0 Å². The van der Waals surface area contributed by atoms with Gasteiger partial charge in [0.1, 0.15) is 97.6 Å². The molecule has 0 aliphatic carbocycles. The molecule has 21 atom stereocenters. The Hall–Kier alpha value is -3.49. The summed E-state index contributed by atoms with van der Waals surface area (Å²) in [5.41, 5.74) is 0. The normalized spacial score (nSPS) is 37.1. The Balaban J connectivity index is 1.29. The minimum atomic E-state index is -1.98. The van der Waals surface area contributed by atoms with E-state index in [1.165, 1.54) is 6.92 Å². The van der Waals surface area contributed by atoms with Crippen LogP contribution in [0.15, 0.2) is 0 Å². The van der Waals surface area contributed by atoms with Crippen molar-refractivity contribution in [2.75, 3.05) is 59.2 Å². The minimum Gasteiger partial charge on any atom is -0.394 e. The Morgan fingerprint density at radius 3 is 1.58 bits per heavy atom. The average Bonchev–Trinajstić information content (AvgIpc) is 3.36. The van der Waals surface area contributed by atoms with Crippen molar-refractivity contribution < 1.29 is 128 Å². The molecular formula is C42H73N5O26. The average molecular weight is 1060 g/mol. The third-order valence-corrected chi connectivity index (χ3v) is 12.2. The van der Waals surface area contributed by atoms with E-state index in [4.69, 9.17) is 37.9 Å². The highest BCUT2D eigenvalue weighted by molar-refractivity contribution is 5.91. The highest BCUT2D eigenvalue weighted by Crippen LogP contribution is 2.31. The Morgan fingerprint density at radius 1 is 0.507 bits per heavy atom. The van der Waals surface area contributed by atoms with Crippen LogP contribution in [0.4, 0.5) is 0 Å². The molecule has 0 unspecified atom stereocenters. The van der Waals surface area contributed by atoms with Crippen molar-refractivity contribution in [1.82, 2.24) is 26.6 Å². The van der Waals surface area contributed by atoms with Crippen LogP contribution in [-0.4, -0.2) is 284 Å². The van der Waals surface area contributed by atoms with E-state index in [0.29, 0.717) is 0 Å². The van der Waals surface area contributed by atoms with Gasteiger partial charge >= 0.3 is 0 Å². The van der Waals surface area contributed by atoms with Crippen LogP contribution in [0, 0.1) is 0 Å². The van der Waals surface area contributed by atoms with E-state index < -0.39 is 191 Å². The maximum atomic E-state index is 13.1. The molecule has 422 valence electrons. The number of rotatable bonds is 27. The van der Waals surface area contributed by atoms with Crippen LogP contribution in [0.1, 0.15) is 46.0 Å². The smallest absolute Gasteiger partial charge is 0.243 e. The van der Waals surface area contributed by atoms with Crippen LogP contribution in [0.2, 0.25) is 0 Å². The molecule has 0 aromatic heterocycles. The molecule has 0 spiro atoms. The number of carbonyl (C=O) groups excluding carboxylic acids is 5. The molecule has 4 rings (SSSR count). The first-order valence-corrected chi connectivity index (χ1v) is 23.8. The van der Waals surface area contributed by atoms with Crippen LogP contribution in [0.3, 0.4) is 0 Å². The van der Waals surface area contributed by atoms with Crippen LogP contribution in [-0.2, 0) is 61.9 Å². The Labute approximate surface area is 417 Å². The van der Waals surface area contributed by atoms with E-state index in [1.807, 2.05) is 0 Å². The van der Waals surface area contributed by atoms with Gasteiger partial charge in [-0.2, -0.15) is 0 Å². The molecule has 0 aromatic carbocycles. The Morgan fingerprint density at radius 2 is 1.00 bits per heavy atom. The topological polar surface area (TPSA) is 482 Å². The molecule has 0 radical (unpaired) electrons. The summed E-state index contributed by atoms with van der Waals surface area (Å²) in [6.07, 6.45) is -33.8. The van der Waals surface area contributed by atoms with Gasteiger partial charge in [0, 0.05) is 38.9 Å². The van der Waals surface area contributed by atoms with E-state index in [-0.39, 0.29) is 58.3 Å². The second kappa shape index (κ2) is 30.3. The number of aliphatic hydroxyl groups is 13. The van der Waals surface area contributed by atoms with Gasteiger partial charge in [0.05, 0.1) is 45.7 Å². The number of likely N-dealkylation sites (N-methyl/N-ethyl adjacent to an activating group) is 1. The van der Waals surface area contributed by atoms with Gasteiger partial charge in [0.15, 0.2) is 25.2 Å². The molecule has 5 amide bonds. The van der Waals surface area contributed by atoms with E-state index in [1.54, 1.807) is 6.92 Å². The fraction of sp³-hybridized carbons (Fsp3) is 0.881. The highest BCUT2D eigenvalue weighted by Gasteiger charge is 2.52. The van der Waals surface area contributed by atoms with Gasteiger partial charge < -0.3 is 131 Å².